The summed E-state index contributed by atoms with van der Waals surface area (Å²) in [5, 5.41) is 4.22. The van der Waals surface area contributed by atoms with Gasteiger partial charge in [0.2, 0.25) is 0 Å². The molecule has 0 aliphatic rings. The molecular weight excluding hydrogens is 286 g/mol. The Morgan fingerprint density at radius 2 is 1.90 bits per heavy atom. The van der Waals surface area contributed by atoms with Crippen LogP contribution in [0.2, 0.25) is 0 Å². The van der Waals surface area contributed by atoms with Gasteiger partial charge >= 0.3 is 0 Å². The van der Waals surface area contributed by atoms with Crippen molar-refractivity contribution in [2.75, 3.05) is 11.5 Å². The van der Waals surface area contributed by atoms with Crippen molar-refractivity contribution in [2.45, 2.75) is 32.1 Å². The molecule has 21 heavy (non-hydrogen) atoms. The number of para-hydroxylation sites is 1. The van der Waals surface area contributed by atoms with Crippen LogP contribution in [0.4, 0.5) is 5.69 Å². The molecular formula is C15H21N3O2S. The number of nitrogen functional groups attached to an aromatic ring is 1. The number of hydrogen-bond acceptors (Lipinski definition) is 4. The quantitative estimate of drug-likeness (QED) is 0.879. The van der Waals surface area contributed by atoms with Crippen LogP contribution >= 0.6 is 0 Å². The fraction of sp³-hybridized carbons (Fsp3) is 0.400. The van der Waals surface area contributed by atoms with Gasteiger partial charge in [-0.15, -0.1) is 0 Å². The van der Waals surface area contributed by atoms with Crippen LogP contribution in [0.15, 0.2) is 36.7 Å². The molecule has 0 amide bonds. The van der Waals surface area contributed by atoms with E-state index >= 15 is 0 Å². The van der Waals surface area contributed by atoms with Crippen LogP contribution in [0.1, 0.15) is 20.8 Å². The molecule has 2 aromatic rings. The number of nitrogens with zero attached hydrogens (tertiary/aromatic N) is 2. The van der Waals surface area contributed by atoms with Gasteiger partial charge in [0.05, 0.1) is 23.2 Å². The molecule has 0 radical (unpaired) electrons. The van der Waals surface area contributed by atoms with E-state index in [4.69, 9.17) is 5.73 Å². The minimum Gasteiger partial charge on any atom is -0.398 e. The van der Waals surface area contributed by atoms with Gasteiger partial charge in [-0.1, -0.05) is 18.2 Å². The molecule has 0 spiro atoms. The molecule has 1 heterocycles. The first-order valence-corrected chi connectivity index (χ1v) is 8.45. The normalized spacial score (nSPS) is 12.5. The first-order chi connectivity index (χ1) is 9.71. The second-order valence-electron chi connectivity index (χ2n) is 6.01. The molecule has 1 aromatic heterocycles. The summed E-state index contributed by atoms with van der Waals surface area (Å²) in [6, 6.07) is 7.53. The second-order valence-corrected chi connectivity index (χ2v) is 8.87. The predicted molar refractivity (Wildman–Crippen MR) is 85.6 cm³/mol. The predicted octanol–water partition coefficient (Wildman–Crippen LogP) is 2.35. The van der Waals surface area contributed by atoms with Gasteiger partial charge in [0.15, 0.2) is 9.84 Å². The van der Waals surface area contributed by atoms with Gasteiger partial charge in [-0.25, -0.2) is 8.42 Å². The van der Waals surface area contributed by atoms with Gasteiger partial charge in [-0.3, -0.25) is 4.68 Å². The lowest BCUT2D eigenvalue weighted by atomic mass is 10.1. The van der Waals surface area contributed by atoms with Crippen molar-refractivity contribution >= 4 is 15.5 Å². The van der Waals surface area contributed by atoms with Crippen molar-refractivity contribution in [1.29, 1.82) is 0 Å². The molecule has 0 aliphatic heterocycles. The van der Waals surface area contributed by atoms with Gasteiger partial charge in [0.1, 0.15) is 0 Å². The van der Waals surface area contributed by atoms with E-state index in [9.17, 15) is 8.42 Å². The highest BCUT2D eigenvalue weighted by atomic mass is 32.2. The van der Waals surface area contributed by atoms with Gasteiger partial charge in [-0.2, -0.15) is 5.10 Å². The Bertz CT molecular complexity index is 727. The summed E-state index contributed by atoms with van der Waals surface area (Å²) in [7, 11) is -3.14. The summed E-state index contributed by atoms with van der Waals surface area (Å²) in [6.07, 6.45) is 3.53. The van der Waals surface area contributed by atoms with E-state index in [2.05, 4.69) is 5.10 Å². The zero-order valence-corrected chi connectivity index (χ0v) is 13.4. The summed E-state index contributed by atoms with van der Waals surface area (Å²) in [5.41, 5.74) is 8.40. The van der Waals surface area contributed by atoms with Crippen LogP contribution in [-0.2, 0) is 16.4 Å². The van der Waals surface area contributed by atoms with E-state index in [1.807, 2.05) is 30.5 Å². The standard InChI is InChI=1S/C15H21N3O2S/c1-15(2,3)21(19,20)9-8-18-11-12(10-17-18)13-6-4-5-7-14(13)16/h4-7,10-11H,8-9,16H2,1-3H3. The number of aromatic nitrogens is 2. The molecule has 2 rings (SSSR count). The Labute approximate surface area is 125 Å². The number of sulfone groups is 1. The summed E-state index contributed by atoms with van der Waals surface area (Å²) >= 11 is 0. The monoisotopic (exact) mass is 307 g/mol. The zero-order chi connectivity index (χ0) is 15.7. The van der Waals surface area contributed by atoms with Crippen molar-refractivity contribution in [3.05, 3.63) is 36.7 Å². The Kier molecular flexibility index (Phi) is 4.09. The van der Waals surface area contributed by atoms with Crippen LogP contribution in [0.25, 0.3) is 11.1 Å². The molecule has 6 heteroatoms. The van der Waals surface area contributed by atoms with E-state index in [1.54, 1.807) is 31.6 Å². The summed E-state index contributed by atoms with van der Waals surface area (Å²) < 4.78 is 25.1. The molecule has 5 nitrogen and oxygen atoms in total. The minimum atomic E-state index is -3.14. The smallest absolute Gasteiger partial charge is 0.157 e. The van der Waals surface area contributed by atoms with E-state index in [-0.39, 0.29) is 5.75 Å². The Morgan fingerprint density at radius 3 is 2.52 bits per heavy atom. The van der Waals surface area contributed by atoms with E-state index in [0.29, 0.717) is 12.2 Å². The first-order valence-electron chi connectivity index (χ1n) is 6.80. The third-order valence-electron chi connectivity index (χ3n) is 3.43. The lowest BCUT2D eigenvalue weighted by molar-refractivity contribution is 0.548. The van der Waals surface area contributed by atoms with Crippen LogP contribution in [0.3, 0.4) is 0 Å². The van der Waals surface area contributed by atoms with Crippen molar-refractivity contribution < 1.29 is 8.42 Å². The number of nitrogens with two attached hydrogens (primary N) is 1. The SMILES string of the molecule is CC(C)(C)S(=O)(=O)CCn1cc(-c2ccccc2N)cn1. The summed E-state index contributed by atoms with van der Waals surface area (Å²) in [4.78, 5) is 0. The fourth-order valence-corrected chi connectivity index (χ4v) is 2.94. The highest BCUT2D eigenvalue weighted by Gasteiger charge is 2.28. The second kappa shape index (κ2) is 5.52. The molecule has 1 aromatic carbocycles. The van der Waals surface area contributed by atoms with Gasteiger partial charge in [-0.05, 0) is 26.8 Å². The largest absolute Gasteiger partial charge is 0.398 e. The van der Waals surface area contributed by atoms with Gasteiger partial charge < -0.3 is 5.73 Å². The maximum Gasteiger partial charge on any atom is 0.157 e. The van der Waals surface area contributed by atoms with Crippen molar-refractivity contribution in [1.82, 2.24) is 9.78 Å². The van der Waals surface area contributed by atoms with Crippen molar-refractivity contribution in [3.63, 3.8) is 0 Å². The average Bonchev–Trinajstić information content (AvgIpc) is 2.84. The molecule has 0 bridgehead atoms. The van der Waals surface area contributed by atoms with Crippen LogP contribution in [0.5, 0.6) is 0 Å². The zero-order valence-electron chi connectivity index (χ0n) is 12.6. The Morgan fingerprint density at radius 1 is 1.24 bits per heavy atom. The minimum absolute atomic E-state index is 0.0713. The maximum absolute atomic E-state index is 12.1. The molecule has 0 aliphatic carbocycles. The van der Waals surface area contributed by atoms with E-state index < -0.39 is 14.6 Å². The topological polar surface area (TPSA) is 78.0 Å². The highest BCUT2D eigenvalue weighted by molar-refractivity contribution is 7.92. The maximum atomic E-state index is 12.1. The molecule has 0 saturated carbocycles. The number of rotatable bonds is 4. The van der Waals surface area contributed by atoms with Crippen LogP contribution in [-0.4, -0.2) is 28.7 Å². The molecule has 0 atom stereocenters. The Hall–Kier alpha value is -1.82. The number of aryl methyl sites for hydroxylation is 1. The van der Waals surface area contributed by atoms with Crippen LogP contribution in [0, 0.1) is 0 Å². The first kappa shape index (κ1) is 15.6. The fourth-order valence-electron chi connectivity index (χ4n) is 1.90. The average molecular weight is 307 g/mol. The number of hydrogen-bond donors (Lipinski definition) is 1. The summed E-state index contributed by atoms with van der Waals surface area (Å²) in [6.45, 7) is 5.47. The molecule has 114 valence electrons. The van der Waals surface area contributed by atoms with Crippen molar-refractivity contribution in [3.8, 4) is 11.1 Å². The molecule has 0 saturated heterocycles. The Balaban J connectivity index is 2.14. The van der Waals surface area contributed by atoms with Gasteiger partial charge in [0, 0.05) is 23.0 Å². The van der Waals surface area contributed by atoms with E-state index in [0.717, 1.165) is 11.1 Å². The number of benzene rings is 1. The lowest BCUT2D eigenvalue weighted by Gasteiger charge is -2.18. The molecule has 2 N–H and O–H groups in total. The third kappa shape index (κ3) is 3.44. The summed E-state index contributed by atoms with van der Waals surface area (Å²) in [5.74, 6) is 0.0713. The van der Waals surface area contributed by atoms with Crippen molar-refractivity contribution in [2.24, 2.45) is 0 Å². The van der Waals surface area contributed by atoms with Crippen LogP contribution < -0.4 is 5.73 Å². The van der Waals surface area contributed by atoms with Gasteiger partial charge in [0.25, 0.3) is 0 Å². The van der Waals surface area contributed by atoms with E-state index in [1.165, 1.54) is 0 Å². The number of anilines is 1. The highest BCUT2D eigenvalue weighted by Crippen LogP contribution is 2.24. The molecule has 0 unspecified atom stereocenters. The lowest BCUT2D eigenvalue weighted by Crippen LogP contribution is -2.32. The molecule has 0 fully saturated rings. The third-order valence-corrected chi connectivity index (χ3v) is 6.01.